The molecule has 0 aliphatic carbocycles. The number of hydrogen-bond acceptors (Lipinski definition) is 4. The van der Waals surface area contributed by atoms with Gasteiger partial charge >= 0.3 is 0 Å². The van der Waals surface area contributed by atoms with Crippen LogP contribution in [0.4, 0.5) is 15.8 Å². The third-order valence-electron chi connectivity index (χ3n) is 4.06. The topological polar surface area (TPSA) is 95.6 Å². The van der Waals surface area contributed by atoms with Gasteiger partial charge in [-0.2, -0.15) is 4.31 Å². The molecule has 0 radical (unpaired) electrons. The van der Waals surface area contributed by atoms with Gasteiger partial charge in [0.2, 0.25) is 15.9 Å². The summed E-state index contributed by atoms with van der Waals surface area (Å²) in [6.07, 6.45) is 0. The molecular weight excluding hydrogens is 421 g/mol. The molecule has 0 aliphatic heterocycles. The average Bonchev–Trinajstić information content (AvgIpc) is 2.65. The van der Waals surface area contributed by atoms with Gasteiger partial charge < -0.3 is 10.6 Å². The quantitative estimate of drug-likeness (QED) is 0.684. The molecule has 29 heavy (non-hydrogen) atoms. The molecule has 10 heteroatoms. The Morgan fingerprint density at radius 2 is 1.72 bits per heavy atom. The molecule has 2 rings (SSSR count). The maximum absolute atomic E-state index is 13.8. The SMILES string of the molecule is CCN(CC)S(=O)(=O)c1ccc(Cl)c(C(=O)Nc2ccc(F)c(NC(C)=O)c2)c1. The van der Waals surface area contributed by atoms with Crippen molar-refractivity contribution < 1.29 is 22.4 Å². The summed E-state index contributed by atoms with van der Waals surface area (Å²) in [6.45, 7) is 5.22. The number of carbonyl (C=O) groups is 2. The highest BCUT2D eigenvalue weighted by Crippen LogP contribution is 2.25. The molecule has 0 spiro atoms. The number of sulfonamides is 1. The van der Waals surface area contributed by atoms with E-state index >= 15 is 0 Å². The van der Waals surface area contributed by atoms with E-state index in [0.29, 0.717) is 0 Å². The summed E-state index contributed by atoms with van der Waals surface area (Å²) >= 11 is 6.09. The van der Waals surface area contributed by atoms with Crippen LogP contribution in [0.15, 0.2) is 41.3 Å². The first-order valence-electron chi connectivity index (χ1n) is 8.78. The molecule has 0 saturated carbocycles. The molecule has 0 fully saturated rings. The molecule has 156 valence electrons. The van der Waals surface area contributed by atoms with Crippen molar-refractivity contribution in [2.45, 2.75) is 25.7 Å². The predicted octanol–water partition coefficient (Wildman–Crippen LogP) is 3.72. The first-order valence-corrected chi connectivity index (χ1v) is 10.6. The van der Waals surface area contributed by atoms with E-state index in [9.17, 15) is 22.4 Å². The minimum absolute atomic E-state index is 0.0506. The van der Waals surface area contributed by atoms with Crippen LogP contribution in [0.3, 0.4) is 0 Å². The first kappa shape index (κ1) is 22.8. The van der Waals surface area contributed by atoms with Crippen molar-refractivity contribution in [2.75, 3.05) is 23.7 Å². The predicted molar refractivity (Wildman–Crippen MR) is 110 cm³/mol. The van der Waals surface area contributed by atoms with Gasteiger partial charge in [-0.25, -0.2) is 12.8 Å². The summed E-state index contributed by atoms with van der Waals surface area (Å²) in [5.74, 6) is -1.81. The van der Waals surface area contributed by atoms with E-state index in [0.717, 1.165) is 6.07 Å². The fourth-order valence-corrected chi connectivity index (χ4v) is 4.33. The summed E-state index contributed by atoms with van der Waals surface area (Å²) in [5.41, 5.74) is 0.0535. The van der Waals surface area contributed by atoms with Gasteiger partial charge in [0, 0.05) is 25.7 Å². The smallest absolute Gasteiger partial charge is 0.257 e. The Kier molecular flexibility index (Phi) is 7.34. The molecule has 2 aromatic carbocycles. The van der Waals surface area contributed by atoms with Crippen LogP contribution < -0.4 is 10.6 Å². The van der Waals surface area contributed by atoms with E-state index in [1.54, 1.807) is 13.8 Å². The number of carbonyl (C=O) groups excluding carboxylic acids is 2. The minimum atomic E-state index is -3.78. The van der Waals surface area contributed by atoms with E-state index in [1.165, 1.54) is 41.6 Å². The number of rotatable bonds is 7. The standard InChI is InChI=1S/C19H21ClFN3O4S/c1-4-24(5-2)29(27,28)14-7-8-16(20)15(11-14)19(26)23-13-6-9-17(21)18(10-13)22-12(3)25/h6-11H,4-5H2,1-3H3,(H,22,25)(H,23,26). The summed E-state index contributed by atoms with van der Waals surface area (Å²) in [4.78, 5) is 23.8. The zero-order chi connectivity index (χ0) is 21.8. The number of hydrogen-bond donors (Lipinski definition) is 2. The fraction of sp³-hybridized carbons (Fsp3) is 0.263. The molecule has 0 aliphatic rings. The van der Waals surface area contributed by atoms with Crippen LogP contribution in [0.25, 0.3) is 0 Å². The zero-order valence-electron chi connectivity index (χ0n) is 16.1. The molecule has 0 saturated heterocycles. The Bertz CT molecular complexity index is 1040. The van der Waals surface area contributed by atoms with Crippen molar-refractivity contribution in [3.63, 3.8) is 0 Å². The molecule has 0 aromatic heterocycles. The second-order valence-electron chi connectivity index (χ2n) is 6.06. The maximum atomic E-state index is 13.8. The van der Waals surface area contributed by atoms with Crippen molar-refractivity contribution in [3.8, 4) is 0 Å². The van der Waals surface area contributed by atoms with E-state index in [4.69, 9.17) is 11.6 Å². The Hall–Kier alpha value is -2.49. The lowest BCUT2D eigenvalue weighted by atomic mass is 10.2. The van der Waals surface area contributed by atoms with Crippen LogP contribution in [0.1, 0.15) is 31.1 Å². The molecule has 0 heterocycles. The van der Waals surface area contributed by atoms with Gasteiger partial charge in [0.15, 0.2) is 0 Å². The molecule has 2 N–H and O–H groups in total. The molecule has 0 bridgehead atoms. The zero-order valence-corrected chi connectivity index (χ0v) is 17.7. The molecule has 0 unspecified atom stereocenters. The van der Waals surface area contributed by atoms with Crippen molar-refractivity contribution >= 4 is 44.8 Å². The molecule has 2 amide bonds. The normalized spacial score (nSPS) is 11.4. The largest absolute Gasteiger partial charge is 0.324 e. The van der Waals surface area contributed by atoms with Crippen LogP contribution >= 0.6 is 11.6 Å². The highest BCUT2D eigenvalue weighted by molar-refractivity contribution is 7.89. The lowest BCUT2D eigenvalue weighted by Gasteiger charge is -2.19. The molecule has 2 aromatic rings. The fourth-order valence-electron chi connectivity index (χ4n) is 2.64. The summed E-state index contributed by atoms with van der Waals surface area (Å²) in [5, 5.41) is 4.90. The minimum Gasteiger partial charge on any atom is -0.324 e. The van der Waals surface area contributed by atoms with E-state index in [2.05, 4.69) is 10.6 Å². The molecular formula is C19H21ClFN3O4S. The monoisotopic (exact) mass is 441 g/mol. The summed E-state index contributed by atoms with van der Waals surface area (Å²) in [6, 6.07) is 7.51. The van der Waals surface area contributed by atoms with E-state index in [-0.39, 0.29) is 39.9 Å². The van der Waals surface area contributed by atoms with E-state index in [1.807, 2.05) is 0 Å². The number of halogens is 2. The van der Waals surface area contributed by atoms with Crippen LogP contribution in [0.5, 0.6) is 0 Å². The second-order valence-corrected chi connectivity index (χ2v) is 8.41. The Labute approximate surface area is 173 Å². The summed E-state index contributed by atoms with van der Waals surface area (Å²) in [7, 11) is -3.78. The highest BCUT2D eigenvalue weighted by Gasteiger charge is 2.24. The van der Waals surface area contributed by atoms with Crippen molar-refractivity contribution in [2.24, 2.45) is 0 Å². The van der Waals surface area contributed by atoms with Gasteiger partial charge in [0.05, 0.1) is 21.2 Å². The van der Waals surface area contributed by atoms with Crippen molar-refractivity contribution in [1.82, 2.24) is 4.31 Å². The van der Waals surface area contributed by atoms with Crippen molar-refractivity contribution in [3.05, 3.63) is 52.8 Å². The van der Waals surface area contributed by atoms with Gasteiger partial charge in [-0.3, -0.25) is 9.59 Å². The lowest BCUT2D eigenvalue weighted by molar-refractivity contribution is -0.114. The molecule has 7 nitrogen and oxygen atoms in total. The average molecular weight is 442 g/mol. The number of benzene rings is 2. The van der Waals surface area contributed by atoms with E-state index < -0.39 is 27.7 Å². The number of nitrogens with zero attached hydrogens (tertiary/aromatic N) is 1. The summed E-state index contributed by atoms with van der Waals surface area (Å²) < 4.78 is 40.4. The Balaban J connectivity index is 2.36. The number of anilines is 2. The van der Waals surface area contributed by atoms with Crippen LogP contribution in [-0.2, 0) is 14.8 Å². The third kappa shape index (κ3) is 5.31. The van der Waals surface area contributed by atoms with Crippen LogP contribution in [0, 0.1) is 5.82 Å². The number of nitrogens with one attached hydrogen (secondary N) is 2. The van der Waals surface area contributed by atoms with Crippen LogP contribution in [-0.4, -0.2) is 37.6 Å². The maximum Gasteiger partial charge on any atom is 0.257 e. The lowest BCUT2D eigenvalue weighted by Crippen LogP contribution is -2.30. The van der Waals surface area contributed by atoms with Crippen LogP contribution in [0.2, 0.25) is 5.02 Å². The van der Waals surface area contributed by atoms with Crippen molar-refractivity contribution in [1.29, 1.82) is 0 Å². The van der Waals surface area contributed by atoms with Gasteiger partial charge in [0.25, 0.3) is 5.91 Å². The third-order valence-corrected chi connectivity index (χ3v) is 6.44. The first-order chi connectivity index (χ1) is 13.6. The van der Waals surface area contributed by atoms with Gasteiger partial charge in [-0.1, -0.05) is 25.4 Å². The van der Waals surface area contributed by atoms with Gasteiger partial charge in [0.1, 0.15) is 5.82 Å². The second kappa shape index (κ2) is 9.34. The van der Waals surface area contributed by atoms with Gasteiger partial charge in [-0.05, 0) is 36.4 Å². The Morgan fingerprint density at radius 3 is 2.31 bits per heavy atom. The number of amides is 2. The molecule has 0 atom stereocenters. The van der Waals surface area contributed by atoms with Gasteiger partial charge in [-0.15, -0.1) is 0 Å². The Morgan fingerprint density at radius 1 is 1.07 bits per heavy atom. The highest BCUT2D eigenvalue weighted by atomic mass is 35.5.